The number of unbranched alkanes of at least 4 members (excludes halogenated alkanes) is 3. The molecule has 4 rings (SSSR count). The van der Waals surface area contributed by atoms with Crippen LogP contribution in [0.5, 0.6) is 5.88 Å². The number of nitrogens with one attached hydrogen (secondary N) is 2. The molecule has 3 aromatic rings. The van der Waals surface area contributed by atoms with Crippen molar-refractivity contribution in [2.24, 2.45) is 0 Å². The van der Waals surface area contributed by atoms with Crippen LogP contribution in [0.3, 0.4) is 0 Å². The van der Waals surface area contributed by atoms with Crippen LogP contribution in [0.2, 0.25) is 0 Å². The van der Waals surface area contributed by atoms with Gasteiger partial charge in [0.15, 0.2) is 0 Å². The molecule has 0 amide bonds. The van der Waals surface area contributed by atoms with Crippen LogP contribution < -0.4 is 11.2 Å². The van der Waals surface area contributed by atoms with Gasteiger partial charge in [0, 0.05) is 29.7 Å². The first-order valence-corrected chi connectivity index (χ1v) is 11.0. The fourth-order valence-electron chi connectivity index (χ4n) is 4.68. The number of benzene rings is 1. The Morgan fingerprint density at radius 3 is 2.67 bits per heavy atom. The largest absolute Gasteiger partial charge is 0.494 e. The third kappa shape index (κ3) is 3.47. The van der Waals surface area contributed by atoms with Crippen molar-refractivity contribution in [3.63, 3.8) is 0 Å². The molecule has 30 heavy (non-hydrogen) atoms. The third-order valence-corrected chi connectivity index (χ3v) is 6.26. The summed E-state index contributed by atoms with van der Waals surface area (Å²) < 4.78 is 1.32. The van der Waals surface area contributed by atoms with Gasteiger partial charge >= 0.3 is 5.69 Å². The fourth-order valence-corrected chi connectivity index (χ4v) is 4.68. The topological polar surface area (TPSA) is 94.1 Å². The van der Waals surface area contributed by atoms with Crippen molar-refractivity contribution in [3.05, 3.63) is 61.9 Å². The Balaban J connectivity index is 1.84. The van der Waals surface area contributed by atoms with E-state index in [-0.39, 0.29) is 11.4 Å². The van der Waals surface area contributed by atoms with Gasteiger partial charge in [-0.05, 0) is 31.0 Å². The van der Waals surface area contributed by atoms with Gasteiger partial charge in [0.2, 0.25) is 5.88 Å². The van der Waals surface area contributed by atoms with Crippen molar-refractivity contribution < 1.29 is 5.11 Å². The van der Waals surface area contributed by atoms with Crippen LogP contribution in [0.1, 0.15) is 62.4 Å². The molecule has 0 aliphatic carbocycles. The molecule has 1 aromatic carbocycles. The van der Waals surface area contributed by atoms with Crippen molar-refractivity contribution >= 4 is 10.9 Å². The van der Waals surface area contributed by atoms with E-state index in [0.717, 1.165) is 61.8 Å². The summed E-state index contributed by atoms with van der Waals surface area (Å²) in [7, 11) is 0. The van der Waals surface area contributed by atoms with Crippen LogP contribution in [-0.2, 0) is 13.0 Å². The first-order chi connectivity index (χ1) is 14.6. The zero-order valence-electron chi connectivity index (χ0n) is 17.7. The first kappa shape index (κ1) is 20.5. The van der Waals surface area contributed by atoms with E-state index in [1.54, 1.807) is 0 Å². The van der Waals surface area contributed by atoms with E-state index < -0.39 is 17.3 Å². The Labute approximate surface area is 175 Å². The van der Waals surface area contributed by atoms with Crippen LogP contribution in [0, 0.1) is 0 Å². The van der Waals surface area contributed by atoms with Gasteiger partial charge in [-0.15, -0.1) is 0 Å². The van der Waals surface area contributed by atoms with Gasteiger partial charge in [0.05, 0.1) is 6.04 Å². The summed E-state index contributed by atoms with van der Waals surface area (Å²) in [6, 6.07) is 7.69. The number of rotatable bonds is 7. The first-order valence-electron chi connectivity index (χ1n) is 11.0. The molecule has 3 N–H and O–H groups in total. The maximum Gasteiger partial charge on any atom is 0.331 e. The molecule has 0 spiro atoms. The lowest BCUT2D eigenvalue weighted by Crippen LogP contribution is -2.41. The minimum atomic E-state index is -0.548. The molecule has 0 radical (unpaired) electrons. The predicted molar refractivity (Wildman–Crippen MR) is 118 cm³/mol. The third-order valence-electron chi connectivity index (χ3n) is 6.26. The number of H-pyrrole nitrogens is 2. The zero-order chi connectivity index (χ0) is 21.3. The summed E-state index contributed by atoms with van der Waals surface area (Å²) in [6.07, 6.45) is 4.81. The molecule has 7 heteroatoms. The molecule has 7 nitrogen and oxygen atoms in total. The van der Waals surface area contributed by atoms with E-state index in [0.29, 0.717) is 6.54 Å². The molecule has 1 atom stereocenters. The normalized spacial score (nSPS) is 16.8. The number of aromatic amines is 2. The Bertz CT molecular complexity index is 1160. The minimum Gasteiger partial charge on any atom is -0.494 e. The highest BCUT2D eigenvalue weighted by Crippen LogP contribution is 2.39. The zero-order valence-corrected chi connectivity index (χ0v) is 17.7. The van der Waals surface area contributed by atoms with Crippen molar-refractivity contribution in [1.29, 1.82) is 0 Å². The number of fused-ring (bicyclic) bond motifs is 3. The SMILES string of the molecule is CCCCCCn1c(O)c([C@H]2c3[nH]c4ccccc4c3CCN2CC)c(=O)[nH]c1=O. The van der Waals surface area contributed by atoms with Crippen LogP contribution >= 0.6 is 0 Å². The van der Waals surface area contributed by atoms with E-state index >= 15 is 0 Å². The second kappa shape index (κ2) is 8.52. The molecule has 3 heterocycles. The summed E-state index contributed by atoms with van der Waals surface area (Å²) in [5, 5.41) is 12.2. The molecule has 2 aromatic heterocycles. The minimum absolute atomic E-state index is 0.213. The molecular weight excluding hydrogens is 380 g/mol. The average Bonchev–Trinajstić information content (AvgIpc) is 3.12. The van der Waals surface area contributed by atoms with Gasteiger partial charge in [-0.3, -0.25) is 19.2 Å². The highest BCUT2D eigenvalue weighted by Gasteiger charge is 2.35. The fraction of sp³-hybridized carbons (Fsp3) is 0.478. The molecule has 0 saturated carbocycles. The summed E-state index contributed by atoms with van der Waals surface area (Å²) in [6.45, 7) is 6.08. The Hall–Kier alpha value is -2.80. The number of hydrogen-bond acceptors (Lipinski definition) is 4. The highest BCUT2D eigenvalue weighted by atomic mass is 16.3. The van der Waals surface area contributed by atoms with Crippen molar-refractivity contribution in [2.75, 3.05) is 13.1 Å². The quantitative estimate of drug-likeness (QED) is 0.521. The second-order valence-electron chi connectivity index (χ2n) is 8.05. The summed E-state index contributed by atoms with van der Waals surface area (Å²) in [5.74, 6) is -0.213. The van der Waals surface area contributed by atoms with Crippen LogP contribution in [0.15, 0.2) is 33.9 Å². The Morgan fingerprint density at radius 1 is 1.10 bits per heavy atom. The summed E-state index contributed by atoms with van der Waals surface area (Å²) in [4.78, 5) is 33.4. The predicted octanol–water partition coefficient (Wildman–Crippen LogP) is 3.27. The Kier molecular flexibility index (Phi) is 5.81. The number of likely N-dealkylation sites (N-methyl/N-ethyl adjacent to an activating group) is 1. The molecule has 0 unspecified atom stereocenters. The van der Waals surface area contributed by atoms with Crippen molar-refractivity contribution in [3.8, 4) is 5.88 Å². The second-order valence-corrected chi connectivity index (χ2v) is 8.05. The van der Waals surface area contributed by atoms with E-state index in [1.165, 1.54) is 10.1 Å². The molecule has 0 bridgehead atoms. The number of nitrogens with zero attached hydrogens (tertiary/aromatic N) is 2. The number of hydrogen-bond donors (Lipinski definition) is 3. The van der Waals surface area contributed by atoms with Gasteiger partial charge in [-0.2, -0.15) is 0 Å². The average molecular weight is 411 g/mol. The summed E-state index contributed by atoms with van der Waals surface area (Å²) >= 11 is 0. The molecule has 0 saturated heterocycles. The van der Waals surface area contributed by atoms with Crippen LogP contribution in [-0.4, -0.2) is 37.6 Å². The van der Waals surface area contributed by atoms with E-state index in [2.05, 4.69) is 27.9 Å². The lowest BCUT2D eigenvalue weighted by molar-refractivity contribution is 0.214. The molecule has 1 aliphatic heterocycles. The number of aromatic nitrogens is 3. The van der Waals surface area contributed by atoms with E-state index in [4.69, 9.17) is 0 Å². The Morgan fingerprint density at radius 2 is 1.90 bits per heavy atom. The number of aromatic hydroxyl groups is 1. The van der Waals surface area contributed by atoms with Crippen molar-refractivity contribution in [1.82, 2.24) is 19.4 Å². The van der Waals surface area contributed by atoms with E-state index in [1.807, 2.05) is 25.1 Å². The van der Waals surface area contributed by atoms with E-state index in [9.17, 15) is 14.7 Å². The monoisotopic (exact) mass is 410 g/mol. The molecule has 1 aliphatic rings. The molecular formula is C23H30N4O3. The van der Waals surface area contributed by atoms with Gasteiger partial charge in [0.1, 0.15) is 5.56 Å². The van der Waals surface area contributed by atoms with Crippen LogP contribution in [0.25, 0.3) is 10.9 Å². The lowest BCUT2D eigenvalue weighted by Gasteiger charge is -2.35. The summed E-state index contributed by atoms with van der Waals surface area (Å²) in [5.41, 5.74) is 2.32. The van der Waals surface area contributed by atoms with Gasteiger partial charge in [-0.25, -0.2) is 4.79 Å². The maximum atomic E-state index is 12.9. The van der Waals surface area contributed by atoms with Crippen molar-refractivity contribution in [2.45, 2.75) is 58.5 Å². The maximum absolute atomic E-state index is 12.9. The van der Waals surface area contributed by atoms with Gasteiger partial charge in [0.25, 0.3) is 5.56 Å². The van der Waals surface area contributed by atoms with Crippen LogP contribution in [0.4, 0.5) is 0 Å². The molecule has 160 valence electrons. The standard InChI is InChI=1S/C23H30N4O3/c1-3-5-6-9-13-27-22(29)18(21(28)25-23(27)30)20-19-16(12-14-26(20)4-2)15-10-7-8-11-17(15)24-19/h7-8,10-11,20,24,29H,3-6,9,12-14H2,1-2H3,(H,25,28,30)/t20-/m0/s1. The lowest BCUT2D eigenvalue weighted by atomic mass is 9.93. The van der Waals surface area contributed by atoms with Gasteiger partial charge < -0.3 is 10.1 Å². The highest BCUT2D eigenvalue weighted by molar-refractivity contribution is 5.85. The van der Waals surface area contributed by atoms with Gasteiger partial charge in [-0.1, -0.05) is 51.3 Å². The molecule has 0 fully saturated rings. The smallest absolute Gasteiger partial charge is 0.331 e. The number of para-hydroxylation sites is 1.